The standard InChI is InChI=1S/C79H95N19O12S2/c80-70(81)24-12-11-22-60-69(102)34-48(30-50-37-87-58-20-9-7-18-56(50)58)68(101)35-52-42-111-112-43-66(73(105)89-41-71(103)92-65(36-54-40-85-45-91-54)78(110)96-63(75(107)93-60)29-47-16-5-2-6-17-47)98-77(109)64(33-51-38-88-59-21-10-8-19-57(51)59)97-74(106)61(23-13-27-86-79(82)83)94-76(108)62(28-46-14-3-1-4-15-46)95-72(104)49(31-53-39-84-44-90-53)32-55(99)25-26-67(52)100/h1-10,14-21,37-40,44-45,48-49,52,60-66,87-88H,11-13,22-36,41-43H2,(H3,80,81)(H,84,90)(H,85,91)(H,89,105)(H,92,103)(H,93,107)(H,94,108)(H,95,104)(H,96,110)(H,97,106)(H,98,109)(H4,82,83,86)/t48-,49-,52+,60+,61+,62-,63-,64+,65+,66+/m1/s1. The van der Waals surface area contributed by atoms with Gasteiger partial charge in [0, 0.05) is 147 Å². The predicted octanol–water partition coefficient (Wildman–Crippen LogP) is 3.60. The van der Waals surface area contributed by atoms with Crippen LogP contribution in [0.1, 0.15) is 104 Å². The van der Waals surface area contributed by atoms with Crippen molar-refractivity contribution in [2.75, 3.05) is 24.6 Å². The van der Waals surface area contributed by atoms with Gasteiger partial charge in [-0.3, -0.25) is 68.4 Å². The highest BCUT2D eigenvalue weighted by atomic mass is 33.1. The zero-order valence-electron chi connectivity index (χ0n) is 61.7. The minimum absolute atomic E-state index is 0.0155. The van der Waals surface area contributed by atoms with Crippen LogP contribution in [-0.4, -0.2) is 179 Å². The number of nitrogens with one attached hydrogen (secondary N) is 15. The number of aromatic amines is 4. The molecule has 10 rings (SSSR count). The molecule has 112 heavy (non-hydrogen) atoms. The van der Waals surface area contributed by atoms with Gasteiger partial charge in [0.1, 0.15) is 53.6 Å². The van der Waals surface area contributed by atoms with Gasteiger partial charge in [0.2, 0.25) is 47.3 Å². The molecule has 10 atom stereocenters. The number of aromatic nitrogens is 6. The third-order valence-corrected chi connectivity index (χ3v) is 22.3. The molecule has 0 radical (unpaired) electrons. The quantitative estimate of drug-likeness (QED) is 0.0211. The van der Waals surface area contributed by atoms with Crippen molar-refractivity contribution in [1.29, 1.82) is 10.8 Å². The van der Waals surface area contributed by atoms with E-state index in [9.17, 15) is 19.2 Å². The van der Waals surface area contributed by atoms with Gasteiger partial charge in [0.15, 0.2) is 11.7 Å². The maximum Gasteiger partial charge on any atom is 0.243 e. The zero-order valence-corrected chi connectivity index (χ0v) is 63.4. The van der Waals surface area contributed by atoms with Crippen molar-refractivity contribution < 1.29 is 57.5 Å². The number of nitrogens with zero attached hydrogens (tertiary/aromatic N) is 2. The first kappa shape index (κ1) is 82.7. The fourth-order valence-corrected chi connectivity index (χ4v) is 16.3. The first-order chi connectivity index (χ1) is 54.1. The van der Waals surface area contributed by atoms with E-state index in [4.69, 9.17) is 22.3 Å². The first-order valence-electron chi connectivity index (χ1n) is 37.4. The molecule has 6 heterocycles. The maximum atomic E-state index is 15.7. The van der Waals surface area contributed by atoms with Gasteiger partial charge < -0.3 is 79.3 Å². The molecule has 2 fully saturated rings. The molecule has 2 saturated heterocycles. The van der Waals surface area contributed by atoms with Crippen molar-refractivity contribution in [2.45, 2.75) is 151 Å². The van der Waals surface area contributed by atoms with E-state index in [1.54, 1.807) is 97.5 Å². The van der Waals surface area contributed by atoms with Crippen molar-refractivity contribution in [3.8, 4) is 0 Å². The lowest BCUT2D eigenvalue weighted by Crippen LogP contribution is -2.60. The number of imidazole rings is 2. The SMILES string of the molecule is N=C(N)CCCC[C@@H]1NC(=O)[C@@H](Cc2ccccc2)NC(=O)[C@H](Cc2c[nH]cn2)NC(=O)CNC(=O)[C@@H]2CSSC[C@H](CC(=O)[C@H](Cc3c[nH]c4ccccc34)CC1=O)C(=O)CCC(=O)C[C@@H](Cc1c[nH]cn1)C(=O)N[C@H](Cc1ccccc1)C(=O)N[C@@H](CCCNC(=N)N)C(=O)N[C@@H](Cc1c[nH]c3ccccc13)C(=O)N2. The molecule has 8 amide bonds. The van der Waals surface area contributed by atoms with Crippen LogP contribution in [0.2, 0.25) is 0 Å². The summed E-state index contributed by atoms with van der Waals surface area (Å²) in [5.41, 5.74) is 16.0. The number of carbonyl (C=O) groups excluding carboxylic acids is 12. The minimum atomic E-state index is -1.57. The van der Waals surface area contributed by atoms with Crippen molar-refractivity contribution in [2.24, 2.45) is 29.2 Å². The number of H-pyrrole nitrogens is 4. The number of ketones is 4. The van der Waals surface area contributed by atoms with Gasteiger partial charge in [0.25, 0.3) is 0 Å². The number of amidine groups is 1. The Balaban J connectivity index is 1.06. The fourth-order valence-electron chi connectivity index (χ4n) is 13.7. The first-order valence-corrected chi connectivity index (χ1v) is 39.9. The lowest BCUT2D eigenvalue weighted by molar-refractivity contribution is -0.135. The molecular weight excluding hydrogens is 1470 g/mol. The molecular formula is C79H95N19O12S2. The average Bonchev–Trinajstić information content (AvgIpc) is 1.67. The Morgan fingerprint density at radius 1 is 0.455 bits per heavy atom. The molecule has 19 N–H and O–H groups in total. The summed E-state index contributed by atoms with van der Waals surface area (Å²) in [6.45, 7) is -0.726. The molecule has 0 aliphatic carbocycles. The number of nitrogens with two attached hydrogens (primary N) is 2. The Labute approximate surface area is 653 Å². The lowest BCUT2D eigenvalue weighted by Gasteiger charge is -2.27. The molecule has 4 aromatic carbocycles. The van der Waals surface area contributed by atoms with Crippen LogP contribution in [0.4, 0.5) is 0 Å². The highest BCUT2D eigenvalue weighted by Gasteiger charge is 2.38. The van der Waals surface area contributed by atoms with Crippen LogP contribution in [0.5, 0.6) is 0 Å². The summed E-state index contributed by atoms with van der Waals surface area (Å²) in [7, 11) is 2.08. The number of carbonyl (C=O) groups is 12. The molecule has 33 heteroatoms. The molecule has 0 saturated carbocycles. The topological polar surface area (TPSA) is 502 Å². The lowest BCUT2D eigenvalue weighted by atomic mass is 9.83. The fraction of sp³-hybridized carbons (Fsp3) is 0.392. The van der Waals surface area contributed by atoms with Gasteiger partial charge in [-0.2, -0.15) is 0 Å². The summed E-state index contributed by atoms with van der Waals surface area (Å²) in [4.78, 5) is 202. The van der Waals surface area contributed by atoms with Gasteiger partial charge in [-0.15, -0.1) is 0 Å². The van der Waals surface area contributed by atoms with Crippen LogP contribution in [0.15, 0.2) is 147 Å². The Hall–Kier alpha value is -11.7. The molecule has 31 nitrogen and oxygen atoms in total. The minimum Gasteiger partial charge on any atom is -0.388 e. The van der Waals surface area contributed by atoms with E-state index in [2.05, 4.69) is 77.8 Å². The average molecular weight is 1570 g/mol. The number of hydrogen-bond donors (Lipinski definition) is 17. The number of guanidine groups is 1. The highest BCUT2D eigenvalue weighted by molar-refractivity contribution is 8.76. The molecule has 0 unspecified atom stereocenters. The van der Waals surface area contributed by atoms with E-state index in [1.165, 1.54) is 18.9 Å². The second-order valence-corrected chi connectivity index (χ2v) is 30.8. The van der Waals surface area contributed by atoms with Gasteiger partial charge in [-0.1, -0.05) is 125 Å². The number of hydrogen-bond acceptors (Lipinski definition) is 18. The normalized spacial score (nSPS) is 22.6. The van der Waals surface area contributed by atoms with Crippen LogP contribution in [0.3, 0.4) is 0 Å². The molecule has 2 aliphatic rings. The molecule has 590 valence electrons. The smallest absolute Gasteiger partial charge is 0.243 e. The summed E-state index contributed by atoms with van der Waals surface area (Å²) >= 11 is 0. The molecule has 8 aromatic rings. The van der Waals surface area contributed by atoms with Gasteiger partial charge >= 0.3 is 0 Å². The number of amides is 8. The summed E-state index contributed by atoms with van der Waals surface area (Å²) < 4.78 is 0. The second kappa shape index (κ2) is 41.3. The number of para-hydroxylation sites is 2. The van der Waals surface area contributed by atoms with Crippen molar-refractivity contribution in [3.05, 3.63) is 180 Å². The van der Waals surface area contributed by atoms with Gasteiger partial charge in [-0.25, -0.2) is 9.97 Å². The monoisotopic (exact) mass is 1570 g/mol. The van der Waals surface area contributed by atoms with Crippen LogP contribution < -0.4 is 59.3 Å². The van der Waals surface area contributed by atoms with Crippen LogP contribution in [-0.2, 0) is 96.1 Å². The largest absolute Gasteiger partial charge is 0.388 e. The Morgan fingerprint density at radius 2 is 0.973 bits per heavy atom. The summed E-state index contributed by atoms with van der Waals surface area (Å²) in [5, 5.41) is 42.2. The number of Topliss-reactive ketones (excluding diaryl/α,β-unsaturated/α-hetero) is 4. The highest BCUT2D eigenvalue weighted by Crippen LogP contribution is 2.32. The Kier molecular flexibility index (Phi) is 30.5. The molecule has 2 bridgehead atoms. The van der Waals surface area contributed by atoms with E-state index < -0.39 is 169 Å². The maximum absolute atomic E-state index is 15.7. The summed E-state index contributed by atoms with van der Waals surface area (Å²) in [6, 6.07) is 21.9. The number of unbranched alkanes of at least 4 members (excludes halogenated alkanes) is 1. The third-order valence-electron chi connectivity index (χ3n) is 19.8. The van der Waals surface area contributed by atoms with Crippen molar-refractivity contribution in [3.63, 3.8) is 0 Å². The Morgan fingerprint density at radius 3 is 1.57 bits per heavy atom. The summed E-state index contributed by atoms with van der Waals surface area (Å²) in [6.07, 6.45) is 7.03. The Bertz CT molecular complexity index is 4330. The molecule has 2 aliphatic heterocycles. The van der Waals surface area contributed by atoms with Crippen molar-refractivity contribution in [1.82, 2.24) is 77.8 Å². The second-order valence-electron chi connectivity index (χ2n) is 28.2. The number of rotatable bonds is 21. The van der Waals surface area contributed by atoms with Crippen LogP contribution in [0.25, 0.3) is 21.8 Å². The van der Waals surface area contributed by atoms with Gasteiger partial charge in [0.05, 0.1) is 48.4 Å². The van der Waals surface area contributed by atoms with E-state index in [0.717, 1.165) is 32.5 Å². The number of fused-ring (bicyclic) bond motifs is 7. The van der Waals surface area contributed by atoms with Crippen molar-refractivity contribution >= 4 is 126 Å². The predicted molar refractivity (Wildman–Crippen MR) is 423 cm³/mol. The van der Waals surface area contributed by atoms with E-state index in [-0.39, 0.29) is 100 Å². The van der Waals surface area contributed by atoms with Crippen LogP contribution >= 0.6 is 21.6 Å². The third kappa shape index (κ3) is 24.9. The van der Waals surface area contributed by atoms with E-state index >= 15 is 38.4 Å². The number of benzene rings is 4. The van der Waals surface area contributed by atoms with E-state index in [0.29, 0.717) is 51.0 Å². The van der Waals surface area contributed by atoms with E-state index in [1.807, 2.05) is 30.3 Å². The van der Waals surface area contributed by atoms with Crippen LogP contribution in [0, 0.1) is 28.6 Å². The zero-order chi connectivity index (χ0) is 79.5. The summed E-state index contributed by atoms with van der Waals surface area (Å²) in [5.74, 6) is -13.4. The van der Waals surface area contributed by atoms with Gasteiger partial charge in [-0.05, 0) is 66.5 Å². The molecule has 0 spiro atoms. The molecule has 4 aromatic heterocycles.